The Morgan fingerprint density at radius 1 is 1.41 bits per heavy atom. The Morgan fingerprint density at radius 3 is 2.65 bits per heavy atom. The average molecular weight is 308 g/mol. The van der Waals surface area contributed by atoms with Crippen LogP contribution in [0, 0.1) is 0 Å². The molecule has 2 atom stereocenters. The van der Waals surface area contributed by atoms with Gasteiger partial charge in [0.05, 0.1) is 0 Å². The quantitative estimate of drug-likeness (QED) is 0.846. The summed E-state index contributed by atoms with van der Waals surface area (Å²) in [5.74, 6) is 0. The molecule has 0 bridgehead atoms. The molecule has 0 aliphatic rings. The summed E-state index contributed by atoms with van der Waals surface area (Å²) in [7, 11) is 0. The minimum absolute atomic E-state index is 0.0269. The Labute approximate surface area is 108 Å². The highest BCUT2D eigenvalue weighted by Gasteiger charge is 2.18. The van der Waals surface area contributed by atoms with Crippen LogP contribution in [0.25, 0.3) is 0 Å². The molecule has 0 amide bonds. The SMILES string of the molecule is CCC(NCC(O)C(F)F)c1cccc(Br)c1. The van der Waals surface area contributed by atoms with Crippen molar-refractivity contribution in [2.24, 2.45) is 0 Å². The topological polar surface area (TPSA) is 32.3 Å². The molecule has 0 aromatic heterocycles. The van der Waals surface area contributed by atoms with E-state index >= 15 is 0 Å². The molecule has 0 saturated carbocycles. The Morgan fingerprint density at radius 2 is 2.12 bits per heavy atom. The third-order valence-corrected chi connectivity index (χ3v) is 3.02. The van der Waals surface area contributed by atoms with Crippen LogP contribution in [0.4, 0.5) is 8.78 Å². The molecule has 0 aliphatic heterocycles. The van der Waals surface area contributed by atoms with Gasteiger partial charge >= 0.3 is 0 Å². The first-order valence-electron chi connectivity index (χ1n) is 5.49. The molecule has 0 radical (unpaired) electrons. The number of benzene rings is 1. The molecule has 0 saturated heterocycles. The van der Waals surface area contributed by atoms with E-state index < -0.39 is 12.5 Å². The molecule has 5 heteroatoms. The van der Waals surface area contributed by atoms with Crippen molar-refractivity contribution in [2.45, 2.75) is 31.9 Å². The highest BCUT2D eigenvalue weighted by molar-refractivity contribution is 9.10. The summed E-state index contributed by atoms with van der Waals surface area (Å²) < 4.78 is 25.3. The Balaban J connectivity index is 2.60. The summed E-state index contributed by atoms with van der Waals surface area (Å²) in [5.41, 5.74) is 1.02. The molecule has 2 nitrogen and oxygen atoms in total. The van der Waals surface area contributed by atoms with Gasteiger partial charge in [-0.1, -0.05) is 35.0 Å². The standard InChI is InChI=1S/C12H16BrF2NO/c1-2-10(16-7-11(17)12(14)15)8-4-3-5-9(13)6-8/h3-6,10-12,16-17H,2,7H2,1H3. The Bertz CT molecular complexity index is 349. The van der Waals surface area contributed by atoms with Gasteiger partial charge in [0.25, 0.3) is 6.43 Å². The maximum absolute atomic E-state index is 12.2. The fourth-order valence-corrected chi connectivity index (χ4v) is 1.99. The molecule has 1 rings (SSSR count). The highest BCUT2D eigenvalue weighted by Crippen LogP contribution is 2.20. The van der Waals surface area contributed by atoms with Crippen LogP contribution in [0.1, 0.15) is 24.9 Å². The van der Waals surface area contributed by atoms with Crippen molar-refractivity contribution in [3.05, 3.63) is 34.3 Å². The largest absolute Gasteiger partial charge is 0.386 e. The van der Waals surface area contributed by atoms with Crippen LogP contribution >= 0.6 is 15.9 Å². The molecule has 2 unspecified atom stereocenters. The van der Waals surface area contributed by atoms with E-state index in [9.17, 15) is 8.78 Å². The Kier molecular flexibility index (Phi) is 6.02. The number of hydrogen-bond acceptors (Lipinski definition) is 2. The number of aliphatic hydroxyl groups excluding tert-OH is 1. The zero-order valence-electron chi connectivity index (χ0n) is 9.54. The normalized spacial score (nSPS) is 14.9. The fraction of sp³-hybridized carbons (Fsp3) is 0.500. The lowest BCUT2D eigenvalue weighted by molar-refractivity contribution is -0.00471. The Hall–Kier alpha value is -0.520. The molecular weight excluding hydrogens is 292 g/mol. The van der Waals surface area contributed by atoms with Gasteiger partial charge in [0.2, 0.25) is 0 Å². The molecular formula is C12H16BrF2NO. The maximum atomic E-state index is 12.2. The lowest BCUT2D eigenvalue weighted by Gasteiger charge is -2.19. The lowest BCUT2D eigenvalue weighted by Crippen LogP contribution is -2.34. The van der Waals surface area contributed by atoms with Gasteiger partial charge in [-0.05, 0) is 24.1 Å². The summed E-state index contributed by atoms with van der Waals surface area (Å²) in [6.45, 7) is 1.86. The summed E-state index contributed by atoms with van der Waals surface area (Å²) in [6.07, 6.45) is -3.55. The predicted molar refractivity (Wildman–Crippen MR) is 67.2 cm³/mol. The molecule has 0 heterocycles. The van der Waals surface area contributed by atoms with Gasteiger partial charge in [-0.25, -0.2) is 8.78 Å². The lowest BCUT2D eigenvalue weighted by atomic mass is 10.0. The van der Waals surface area contributed by atoms with E-state index in [4.69, 9.17) is 5.11 Å². The minimum atomic E-state index is -2.71. The van der Waals surface area contributed by atoms with Crippen LogP contribution < -0.4 is 5.32 Å². The second-order valence-corrected chi connectivity index (χ2v) is 4.74. The van der Waals surface area contributed by atoms with Gasteiger partial charge < -0.3 is 10.4 Å². The monoisotopic (exact) mass is 307 g/mol. The van der Waals surface area contributed by atoms with Gasteiger partial charge in [-0.15, -0.1) is 0 Å². The van der Waals surface area contributed by atoms with Crippen molar-refractivity contribution >= 4 is 15.9 Å². The molecule has 2 N–H and O–H groups in total. The van der Waals surface area contributed by atoms with Gasteiger partial charge in [0, 0.05) is 17.1 Å². The number of hydrogen-bond donors (Lipinski definition) is 2. The molecule has 0 spiro atoms. The average Bonchev–Trinajstić information content (AvgIpc) is 2.29. The van der Waals surface area contributed by atoms with Crippen molar-refractivity contribution in [1.29, 1.82) is 0 Å². The fourth-order valence-electron chi connectivity index (χ4n) is 1.57. The number of nitrogens with one attached hydrogen (secondary N) is 1. The summed E-state index contributed by atoms with van der Waals surface area (Å²) in [4.78, 5) is 0. The van der Waals surface area contributed by atoms with Gasteiger partial charge in [0.1, 0.15) is 6.10 Å². The van der Waals surface area contributed by atoms with Crippen molar-refractivity contribution in [3.63, 3.8) is 0 Å². The molecule has 17 heavy (non-hydrogen) atoms. The van der Waals surface area contributed by atoms with Crippen LogP contribution in [0.15, 0.2) is 28.7 Å². The molecule has 0 aliphatic carbocycles. The van der Waals surface area contributed by atoms with Gasteiger partial charge in [-0.2, -0.15) is 0 Å². The van der Waals surface area contributed by atoms with Crippen LogP contribution in [0.2, 0.25) is 0 Å². The minimum Gasteiger partial charge on any atom is -0.386 e. The first kappa shape index (κ1) is 14.5. The van der Waals surface area contributed by atoms with Crippen LogP contribution in [-0.2, 0) is 0 Å². The van der Waals surface area contributed by atoms with Crippen molar-refractivity contribution < 1.29 is 13.9 Å². The van der Waals surface area contributed by atoms with Crippen molar-refractivity contribution in [1.82, 2.24) is 5.32 Å². The number of halogens is 3. The van der Waals surface area contributed by atoms with E-state index in [0.29, 0.717) is 0 Å². The van der Waals surface area contributed by atoms with E-state index in [1.54, 1.807) is 0 Å². The second-order valence-electron chi connectivity index (χ2n) is 3.83. The molecule has 1 aromatic rings. The highest BCUT2D eigenvalue weighted by atomic mass is 79.9. The van der Waals surface area contributed by atoms with Crippen molar-refractivity contribution in [2.75, 3.05) is 6.54 Å². The number of alkyl halides is 2. The van der Waals surface area contributed by atoms with Crippen LogP contribution in [-0.4, -0.2) is 24.2 Å². The molecule has 0 fully saturated rings. The molecule has 96 valence electrons. The van der Waals surface area contributed by atoms with E-state index in [1.165, 1.54) is 0 Å². The summed E-state index contributed by atoms with van der Waals surface area (Å²) in [6, 6.07) is 7.65. The maximum Gasteiger partial charge on any atom is 0.265 e. The number of aliphatic hydroxyl groups is 1. The third-order valence-electron chi connectivity index (χ3n) is 2.52. The summed E-state index contributed by atoms with van der Waals surface area (Å²) >= 11 is 3.37. The van der Waals surface area contributed by atoms with Crippen molar-refractivity contribution in [3.8, 4) is 0 Å². The zero-order valence-corrected chi connectivity index (χ0v) is 11.1. The first-order valence-corrected chi connectivity index (χ1v) is 6.29. The smallest absolute Gasteiger partial charge is 0.265 e. The van der Waals surface area contributed by atoms with Gasteiger partial charge in [0.15, 0.2) is 0 Å². The first-order chi connectivity index (χ1) is 8.04. The predicted octanol–water partition coefficient (Wildman–Crippen LogP) is 3.12. The van der Waals surface area contributed by atoms with E-state index in [0.717, 1.165) is 16.5 Å². The third kappa shape index (κ3) is 4.69. The van der Waals surface area contributed by atoms with E-state index in [-0.39, 0.29) is 12.6 Å². The van der Waals surface area contributed by atoms with E-state index in [1.807, 2.05) is 31.2 Å². The molecule has 1 aromatic carbocycles. The van der Waals surface area contributed by atoms with E-state index in [2.05, 4.69) is 21.2 Å². The van der Waals surface area contributed by atoms with Crippen LogP contribution in [0.3, 0.4) is 0 Å². The second kappa shape index (κ2) is 7.03. The van der Waals surface area contributed by atoms with Gasteiger partial charge in [-0.3, -0.25) is 0 Å². The summed E-state index contributed by atoms with van der Waals surface area (Å²) in [5, 5.41) is 12.0. The number of rotatable bonds is 6. The zero-order chi connectivity index (χ0) is 12.8. The van der Waals surface area contributed by atoms with Crippen LogP contribution in [0.5, 0.6) is 0 Å².